The lowest BCUT2D eigenvalue weighted by molar-refractivity contribution is 0.0878. The lowest BCUT2D eigenvalue weighted by Crippen LogP contribution is -2.15. The Morgan fingerprint density at radius 2 is 1.73 bits per heavy atom. The molecule has 0 aliphatic carbocycles. The van der Waals surface area contributed by atoms with E-state index >= 15 is 0 Å². The van der Waals surface area contributed by atoms with Gasteiger partial charge in [0.05, 0.1) is 5.56 Å². The molecule has 0 amide bonds. The lowest BCUT2D eigenvalue weighted by Gasteiger charge is -2.12. The Labute approximate surface area is 97.8 Å². The van der Waals surface area contributed by atoms with Crippen LogP contribution < -0.4 is 4.74 Å². The molecule has 2 rings (SSSR count). The molecule has 0 aromatic heterocycles. The van der Waals surface area contributed by atoms with Crippen molar-refractivity contribution in [2.75, 3.05) is 0 Å². The van der Waals surface area contributed by atoms with Gasteiger partial charge in [-0.15, -0.1) is 0 Å². The minimum Gasteiger partial charge on any atom is -0.482 e. The van der Waals surface area contributed by atoms with Crippen LogP contribution in [0.25, 0.3) is 0 Å². The number of ketones is 1. The predicted molar refractivity (Wildman–Crippen MR) is 62.8 cm³/mol. The zero-order valence-corrected chi connectivity index (χ0v) is 10.9. The van der Waals surface area contributed by atoms with Gasteiger partial charge in [0.2, 0.25) is 5.78 Å². The fourth-order valence-corrected chi connectivity index (χ4v) is 2.46. The predicted octanol–water partition coefficient (Wildman–Crippen LogP) is 3.34. The van der Waals surface area contributed by atoms with E-state index in [9.17, 15) is 4.79 Å². The fraction of sp³-hybridized carbons (Fsp3) is 0.417. The van der Waals surface area contributed by atoms with Gasteiger partial charge >= 0.3 is 0 Å². The van der Waals surface area contributed by atoms with E-state index < -0.39 is 0 Å². The Morgan fingerprint density at radius 1 is 1.13 bits per heavy atom. The summed E-state index contributed by atoms with van der Waals surface area (Å²) in [5.74, 6) is 0.858. The van der Waals surface area contributed by atoms with Crippen molar-refractivity contribution in [3.05, 3.63) is 26.7 Å². The molecule has 1 aromatic rings. The third kappa shape index (κ3) is 1.33. The standard InChI is InChI=1S/C12H13BrO2/c1-5-6(2)12-9(7(3)10(5)13)11(14)8(4)15-12/h8H,1-4H3. The molecule has 1 heterocycles. The Kier molecular flexibility index (Phi) is 2.38. The second kappa shape index (κ2) is 3.34. The maximum atomic E-state index is 11.9. The van der Waals surface area contributed by atoms with Crippen molar-refractivity contribution >= 4 is 21.7 Å². The maximum absolute atomic E-state index is 11.9. The first kappa shape index (κ1) is 10.7. The van der Waals surface area contributed by atoms with Crippen LogP contribution in [0, 0.1) is 20.8 Å². The van der Waals surface area contributed by atoms with Crippen LogP contribution in [-0.4, -0.2) is 11.9 Å². The van der Waals surface area contributed by atoms with Crippen molar-refractivity contribution in [1.29, 1.82) is 0 Å². The van der Waals surface area contributed by atoms with Crippen LogP contribution in [-0.2, 0) is 0 Å². The number of fused-ring (bicyclic) bond motifs is 1. The van der Waals surface area contributed by atoms with E-state index in [1.165, 1.54) is 0 Å². The Morgan fingerprint density at radius 3 is 2.33 bits per heavy atom. The molecule has 0 spiro atoms. The number of Topliss-reactive ketones (excluding diaryl/α,β-unsaturated/α-hetero) is 1. The summed E-state index contributed by atoms with van der Waals surface area (Å²) in [5.41, 5.74) is 3.94. The average molecular weight is 269 g/mol. The van der Waals surface area contributed by atoms with Crippen LogP contribution in [0.2, 0.25) is 0 Å². The van der Waals surface area contributed by atoms with Crippen LogP contribution in [0.3, 0.4) is 0 Å². The molecule has 0 N–H and O–H groups in total. The largest absolute Gasteiger partial charge is 0.482 e. The highest BCUT2D eigenvalue weighted by Crippen LogP contribution is 2.40. The minimum absolute atomic E-state index is 0.0892. The fourth-order valence-electron chi connectivity index (χ4n) is 1.96. The van der Waals surface area contributed by atoms with Crippen LogP contribution in [0.1, 0.15) is 34.0 Å². The molecule has 1 atom stereocenters. The van der Waals surface area contributed by atoms with Gasteiger partial charge in [0.1, 0.15) is 5.75 Å². The Balaban J connectivity index is 2.81. The third-order valence-electron chi connectivity index (χ3n) is 3.07. The average Bonchev–Trinajstić information content (AvgIpc) is 2.50. The number of carbonyl (C=O) groups is 1. The van der Waals surface area contributed by atoms with Gasteiger partial charge in [-0.05, 0) is 44.4 Å². The third-order valence-corrected chi connectivity index (χ3v) is 4.26. The molecule has 0 saturated carbocycles. The topological polar surface area (TPSA) is 26.3 Å². The van der Waals surface area contributed by atoms with Crippen molar-refractivity contribution in [3.8, 4) is 5.75 Å². The van der Waals surface area contributed by atoms with E-state index in [-0.39, 0.29) is 11.9 Å². The summed E-state index contributed by atoms with van der Waals surface area (Å²) in [4.78, 5) is 11.9. The number of hydrogen-bond acceptors (Lipinski definition) is 2. The number of rotatable bonds is 0. The van der Waals surface area contributed by atoms with Crippen LogP contribution in [0.15, 0.2) is 4.47 Å². The van der Waals surface area contributed by atoms with Crippen LogP contribution >= 0.6 is 15.9 Å². The number of ether oxygens (including phenoxy) is 1. The smallest absolute Gasteiger partial charge is 0.207 e. The van der Waals surface area contributed by atoms with Gasteiger partial charge in [0.15, 0.2) is 6.10 Å². The monoisotopic (exact) mass is 268 g/mol. The summed E-state index contributed by atoms with van der Waals surface area (Å²) in [6.45, 7) is 7.77. The first-order valence-electron chi connectivity index (χ1n) is 4.95. The van der Waals surface area contributed by atoms with Crippen molar-refractivity contribution < 1.29 is 9.53 Å². The number of benzene rings is 1. The number of halogens is 1. The van der Waals surface area contributed by atoms with Crippen molar-refractivity contribution in [2.45, 2.75) is 33.8 Å². The quantitative estimate of drug-likeness (QED) is 0.722. The minimum atomic E-state index is -0.342. The van der Waals surface area contributed by atoms with Crippen molar-refractivity contribution in [1.82, 2.24) is 0 Å². The molecule has 1 aliphatic rings. The van der Waals surface area contributed by atoms with Crippen LogP contribution in [0.4, 0.5) is 0 Å². The summed E-state index contributed by atoms with van der Waals surface area (Å²) in [5, 5.41) is 0. The van der Waals surface area contributed by atoms with Gasteiger partial charge in [-0.2, -0.15) is 0 Å². The number of carbonyl (C=O) groups excluding carboxylic acids is 1. The van der Waals surface area contributed by atoms with Crippen LogP contribution in [0.5, 0.6) is 5.75 Å². The van der Waals surface area contributed by atoms with E-state index in [2.05, 4.69) is 15.9 Å². The first-order chi connectivity index (χ1) is 6.95. The van der Waals surface area contributed by atoms with Gasteiger partial charge < -0.3 is 4.74 Å². The maximum Gasteiger partial charge on any atom is 0.207 e. The van der Waals surface area contributed by atoms with E-state index in [1.807, 2.05) is 20.8 Å². The summed E-state index contributed by atoms with van der Waals surface area (Å²) in [6, 6.07) is 0. The molecule has 1 aromatic carbocycles. The highest BCUT2D eigenvalue weighted by Gasteiger charge is 2.33. The highest BCUT2D eigenvalue weighted by atomic mass is 79.9. The Bertz CT molecular complexity index is 463. The molecule has 1 aliphatic heterocycles. The number of hydrogen-bond donors (Lipinski definition) is 0. The molecule has 0 radical (unpaired) electrons. The molecule has 15 heavy (non-hydrogen) atoms. The van der Waals surface area contributed by atoms with Gasteiger partial charge in [0.25, 0.3) is 0 Å². The molecule has 1 unspecified atom stereocenters. The Hall–Kier alpha value is -0.830. The lowest BCUT2D eigenvalue weighted by atomic mass is 9.97. The second-order valence-corrected chi connectivity index (χ2v) is 4.81. The molecule has 0 bridgehead atoms. The van der Waals surface area contributed by atoms with E-state index in [0.29, 0.717) is 0 Å². The SMILES string of the molecule is Cc1c(C)c2c(c(C)c1Br)C(=O)C(C)O2. The molecule has 0 saturated heterocycles. The van der Waals surface area contributed by atoms with E-state index in [1.54, 1.807) is 6.92 Å². The summed E-state index contributed by atoms with van der Waals surface area (Å²) < 4.78 is 6.61. The van der Waals surface area contributed by atoms with Gasteiger partial charge in [0, 0.05) is 4.47 Å². The zero-order chi connectivity index (χ0) is 11.3. The zero-order valence-electron chi connectivity index (χ0n) is 9.27. The van der Waals surface area contributed by atoms with Gasteiger partial charge in [-0.3, -0.25) is 4.79 Å². The normalized spacial score (nSPS) is 19.0. The molecule has 80 valence electrons. The second-order valence-electron chi connectivity index (χ2n) is 4.02. The molecule has 0 fully saturated rings. The molecular formula is C12H13BrO2. The molecule has 3 heteroatoms. The molecule has 2 nitrogen and oxygen atoms in total. The summed E-state index contributed by atoms with van der Waals surface area (Å²) in [7, 11) is 0. The van der Waals surface area contributed by atoms with Crippen molar-refractivity contribution in [2.24, 2.45) is 0 Å². The van der Waals surface area contributed by atoms with E-state index in [0.717, 1.165) is 32.5 Å². The summed E-state index contributed by atoms with van der Waals surface area (Å²) in [6.07, 6.45) is -0.342. The van der Waals surface area contributed by atoms with Gasteiger partial charge in [-0.25, -0.2) is 0 Å². The molecular weight excluding hydrogens is 256 g/mol. The van der Waals surface area contributed by atoms with E-state index in [4.69, 9.17) is 4.74 Å². The summed E-state index contributed by atoms with van der Waals surface area (Å²) >= 11 is 3.52. The highest BCUT2D eigenvalue weighted by molar-refractivity contribution is 9.10. The van der Waals surface area contributed by atoms with Crippen molar-refractivity contribution in [3.63, 3.8) is 0 Å². The first-order valence-corrected chi connectivity index (χ1v) is 5.74. The van der Waals surface area contributed by atoms with Gasteiger partial charge in [-0.1, -0.05) is 15.9 Å².